The van der Waals surface area contributed by atoms with E-state index < -0.39 is 42.2 Å². The molecule has 3 unspecified atom stereocenters. The summed E-state index contributed by atoms with van der Waals surface area (Å²) in [6, 6.07) is 13.2. The van der Waals surface area contributed by atoms with E-state index in [1.807, 2.05) is 55.5 Å². The lowest BCUT2D eigenvalue weighted by atomic mass is 9.73. The number of amides is 3. The molecule has 10 heteroatoms. The van der Waals surface area contributed by atoms with Crippen molar-refractivity contribution in [3.8, 4) is 5.75 Å². The summed E-state index contributed by atoms with van der Waals surface area (Å²) < 4.78 is 6.25. The molecule has 2 fully saturated rings. The van der Waals surface area contributed by atoms with Gasteiger partial charge in [-0.25, -0.2) is 0 Å². The van der Waals surface area contributed by atoms with Gasteiger partial charge in [-0.2, -0.15) is 0 Å². The van der Waals surface area contributed by atoms with Crippen LogP contribution in [0.5, 0.6) is 5.75 Å². The molecule has 4 rings (SSSR count). The smallest absolute Gasteiger partial charge is 0.305 e. The number of fused-ring (bicyclic) bond motifs is 1. The molecule has 1 saturated carbocycles. The molecule has 10 nitrogen and oxygen atoms in total. The number of carboxylic acids is 1. The highest BCUT2D eigenvalue weighted by atomic mass is 16.5. The molecular formula is C30H38N4O6. The van der Waals surface area contributed by atoms with Gasteiger partial charge in [0.15, 0.2) is 0 Å². The zero-order valence-electron chi connectivity index (χ0n) is 22.9. The van der Waals surface area contributed by atoms with Crippen molar-refractivity contribution in [2.24, 2.45) is 11.8 Å². The minimum Gasteiger partial charge on any atom is -0.490 e. The van der Waals surface area contributed by atoms with Gasteiger partial charge in [0.25, 0.3) is 0 Å². The predicted octanol–water partition coefficient (Wildman–Crippen LogP) is 1.69. The summed E-state index contributed by atoms with van der Waals surface area (Å²) in [6.07, 6.45) is 1.46. The first-order chi connectivity index (χ1) is 19.2. The Labute approximate surface area is 234 Å². The number of benzene rings is 2. The van der Waals surface area contributed by atoms with Crippen LogP contribution in [-0.4, -0.2) is 60.1 Å². The molecule has 0 aromatic heterocycles. The van der Waals surface area contributed by atoms with Crippen molar-refractivity contribution in [1.29, 1.82) is 0 Å². The third-order valence-electron chi connectivity index (χ3n) is 7.74. The van der Waals surface area contributed by atoms with Crippen LogP contribution in [0.25, 0.3) is 0 Å². The van der Waals surface area contributed by atoms with Crippen molar-refractivity contribution < 1.29 is 29.0 Å². The third-order valence-corrected chi connectivity index (χ3v) is 7.74. The topological polar surface area (TPSA) is 146 Å². The monoisotopic (exact) mass is 550 g/mol. The Kier molecular flexibility index (Phi) is 9.76. The number of aliphatic carboxylic acids is 1. The maximum absolute atomic E-state index is 13.3. The van der Waals surface area contributed by atoms with Gasteiger partial charge in [-0.05, 0) is 67.5 Å². The molecule has 5 atom stereocenters. The van der Waals surface area contributed by atoms with Crippen molar-refractivity contribution in [2.75, 3.05) is 13.1 Å². The second-order valence-electron chi connectivity index (χ2n) is 10.7. The number of hydrogen-bond donors (Lipinski definition) is 5. The first-order valence-corrected chi connectivity index (χ1v) is 13.8. The molecule has 214 valence electrons. The molecule has 1 saturated heterocycles. The van der Waals surface area contributed by atoms with Crippen LogP contribution in [0, 0.1) is 18.8 Å². The van der Waals surface area contributed by atoms with Crippen LogP contribution in [0.2, 0.25) is 0 Å². The molecule has 2 aromatic rings. The summed E-state index contributed by atoms with van der Waals surface area (Å²) in [6.45, 7) is 5.44. The molecule has 2 aliphatic rings. The van der Waals surface area contributed by atoms with Crippen molar-refractivity contribution >= 4 is 23.7 Å². The van der Waals surface area contributed by atoms with E-state index >= 15 is 0 Å². The van der Waals surface area contributed by atoms with Crippen LogP contribution in [0.1, 0.15) is 42.9 Å². The Morgan fingerprint density at radius 3 is 2.50 bits per heavy atom. The van der Waals surface area contributed by atoms with E-state index in [0.717, 1.165) is 42.0 Å². The highest BCUT2D eigenvalue weighted by molar-refractivity contribution is 5.93. The molecule has 0 bridgehead atoms. The van der Waals surface area contributed by atoms with Gasteiger partial charge < -0.3 is 31.1 Å². The van der Waals surface area contributed by atoms with Crippen LogP contribution >= 0.6 is 0 Å². The van der Waals surface area contributed by atoms with Gasteiger partial charge in [-0.3, -0.25) is 19.2 Å². The van der Waals surface area contributed by atoms with E-state index in [4.69, 9.17) is 4.74 Å². The maximum atomic E-state index is 13.3. The molecule has 5 N–H and O–H groups in total. The Morgan fingerprint density at radius 1 is 1.02 bits per heavy atom. The van der Waals surface area contributed by atoms with Gasteiger partial charge in [-0.15, -0.1) is 0 Å². The first-order valence-electron chi connectivity index (χ1n) is 13.8. The van der Waals surface area contributed by atoms with Crippen LogP contribution < -0.4 is 26.0 Å². The zero-order chi connectivity index (χ0) is 28.6. The molecule has 2 aromatic carbocycles. The van der Waals surface area contributed by atoms with E-state index in [2.05, 4.69) is 21.3 Å². The second-order valence-corrected chi connectivity index (χ2v) is 10.7. The van der Waals surface area contributed by atoms with Gasteiger partial charge in [0.2, 0.25) is 17.7 Å². The van der Waals surface area contributed by atoms with Crippen molar-refractivity contribution in [2.45, 2.75) is 64.3 Å². The normalized spacial score (nSPS) is 20.8. The van der Waals surface area contributed by atoms with E-state index in [-0.39, 0.29) is 12.6 Å². The first kappa shape index (κ1) is 29.1. The highest BCUT2D eigenvalue weighted by Gasteiger charge is 2.45. The molecule has 1 aliphatic carbocycles. The lowest BCUT2D eigenvalue weighted by Gasteiger charge is -2.39. The second kappa shape index (κ2) is 13.4. The molecule has 1 heterocycles. The summed E-state index contributed by atoms with van der Waals surface area (Å²) in [4.78, 5) is 49.1. The number of ether oxygens (including phenoxy) is 1. The average Bonchev–Trinajstić information content (AvgIpc) is 3.29. The Bertz CT molecular complexity index is 1200. The van der Waals surface area contributed by atoms with Crippen molar-refractivity contribution in [3.63, 3.8) is 0 Å². The molecular weight excluding hydrogens is 512 g/mol. The lowest BCUT2D eigenvalue weighted by Crippen LogP contribution is -2.54. The number of rotatable bonds is 13. The minimum absolute atomic E-state index is 0.199. The SMILES string of the molecule is CC(=O)N[C@@H](CC(=O)O)C(=O)N[C@@H](CCc1ccccc1)C(=O)NCc1cc(OC2CC3CNCC32)ccc1C. The Balaban J connectivity index is 1.41. The maximum Gasteiger partial charge on any atom is 0.305 e. The Hall–Kier alpha value is -3.92. The van der Waals surface area contributed by atoms with Crippen LogP contribution in [0.4, 0.5) is 0 Å². The number of nitrogens with one attached hydrogen (secondary N) is 4. The van der Waals surface area contributed by atoms with Crippen molar-refractivity contribution in [3.05, 3.63) is 65.2 Å². The van der Waals surface area contributed by atoms with E-state index in [9.17, 15) is 24.3 Å². The summed E-state index contributed by atoms with van der Waals surface area (Å²) in [5.41, 5.74) is 2.90. The number of carboxylic acid groups (broad SMARTS) is 1. The van der Waals surface area contributed by atoms with Gasteiger partial charge in [0, 0.05) is 25.9 Å². The Morgan fingerprint density at radius 2 is 1.80 bits per heavy atom. The molecule has 3 amide bonds. The van der Waals surface area contributed by atoms with E-state index in [1.54, 1.807) is 0 Å². The standard InChI is InChI=1S/C30H38N4O6/c1-18-8-10-23(40-27-13-22-15-31-17-24(22)27)12-21(18)16-32-29(38)25(11-9-20-6-4-3-5-7-20)34-30(39)26(14-28(36)37)33-19(2)35/h3-8,10,12,22,24-27,31H,9,11,13-17H2,1-2H3,(H,32,38)(H,33,35)(H,34,39)(H,36,37)/t22?,24?,25-,26-,27?/m0/s1. The fraction of sp³-hybridized carbons (Fsp3) is 0.467. The van der Waals surface area contributed by atoms with Gasteiger partial charge in [0.1, 0.15) is 23.9 Å². The number of carbonyl (C=O) groups excluding carboxylic acids is 3. The van der Waals surface area contributed by atoms with Crippen LogP contribution in [0.3, 0.4) is 0 Å². The van der Waals surface area contributed by atoms with Gasteiger partial charge in [-0.1, -0.05) is 36.4 Å². The third kappa shape index (κ3) is 7.81. The molecule has 40 heavy (non-hydrogen) atoms. The highest BCUT2D eigenvalue weighted by Crippen LogP contribution is 2.40. The van der Waals surface area contributed by atoms with E-state index in [0.29, 0.717) is 24.7 Å². The quantitative estimate of drug-likeness (QED) is 0.255. The minimum atomic E-state index is -1.29. The molecule has 0 radical (unpaired) electrons. The summed E-state index contributed by atoms with van der Waals surface area (Å²) >= 11 is 0. The number of hydrogen-bond acceptors (Lipinski definition) is 6. The van der Waals surface area contributed by atoms with E-state index in [1.165, 1.54) is 6.92 Å². The van der Waals surface area contributed by atoms with Gasteiger partial charge in [0.05, 0.1) is 6.42 Å². The van der Waals surface area contributed by atoms with Gasteiger partial charge >= 0.3 is 5.97 Å². The summed E-state index contributed by atoms with van der Waals surface area (Å²) in [5, 5.41) is 20.6. The zero-order valence-corrected chi connectivity index (χ0v) is 22.9. The summed E-state index contributed by atoms with van der Waals surface area (Å²) in [5.74, 6) is -0.891. The number of aryl methyl sites for hydroxylation is 2. The van der Waals surface area contributed by atoms with Crippen molar-refractivity contribution in [1.82, 2.24) is 21.3 Å². The fourth-order valence-corrected chi connectivity index (χ4v) is 5.38. The van der Waals surface area contributed by atoms with Crippen LogP contribution in [0.15, 0.2) is 48.5 Å². The lowest BCUT2D eigenvalue weighted by molar-refractivity contribution is -0.140. The van der Waals surface area contributed by atoms with Crippen LogP contribution in [-0.2, 0) is 32.1 Å². The predicted molar refractivity (Wildman–Crippen MR) is 148 cm³/mol. The fourth-order valence-electron chi connectivity index (χ4n) is 5.38. The molecule has 0 spiro atoms. The summed E-state index contributed by atoms with van der Waals surface area (Å²) in [7, 11) is 0. The largest absolute Gasteiger partial charge is 0.490 e. The number of carbonyl (C=O) groups is 4. The molecule has 1 aliphatic heterocycles. The average molecular weight is 551 g/mol.